The monoisotopic (exact) mass is 633 g/mol. The van der Waals surface area contributed by atoms with Gasteiger partial charge in [0.15, 0.2) is 0 Å². The molecule has 4 fully saturated rings. The van der Waals surface area contributed by atoms with E-state index >= 15 is 0 Å². The van der Waals surface area contributed by atoms with Gasteiger partial charge in [-0.05, 0) is 80.1 Å². The highest BCUT2D eigenvalue weighted by atomic mass is 19.4. The number of fused-ring (bicyclic) bond motifs is 3. The molecule has 8 rings (SSSR count). The number of phenols is 1. The first-order valence-corrected chi connectivity index (χ1v) is 15.9. The average Bonchev–Trinajstić information content (AvgIpc) is 3.80. The zero-order valence-electron chi connectivity index (χ0n) is 25.1. The third-order valence-corrected chi connectivity index (χ3v) is 10.4. The number of nitrogens with zero attached hydrogens (tertiary/aromatic N) is 3. The van der Waals surface area contributed by atoms with Crippen LogP contribution in [0.5, 0.6) is 17.2 Å². The van der Waals surface area contributed by atoms with Crippen LogP contribution in [0, 0.1) is 5.92 Å². The van der Waals surface area contributed by atoms with E-state index < -0.39 is 23.2 Å². The van der Waals surface area contributed by atoms with Crippen molar-refractivity contribution in [3.63, 3.8) is 0 Å². The fourth-order valence-electron chi connectivity index (χ4n) is 7.79. The van der Waals surface area contributed by atoms with Crippen LogP contribution in [0.4, 0.5) is 19.0 Å². The summed E-state index contributed by atoms with van der Waals surface area (Å²) in [5.74, 6) is 0.793. The lowest BCUT2D eigenvalue weighted by atomic mass is 9.98. The molecule has 240 valence electrons. The number of hydrogen-bond donors (Lipinski definition) is 3. The number of aromatic nitrogens is 1. The number of pyridine rings is 1. The summed E-state index contributed by atoms with van der Waals surface area (Å²) in [6.45, 7) is 3.61. The minimum Gasteiger partial charge on any atom is -0.508 e. The summed E-state index contributed by atoms with van der Waals surface area (Å²) in [4.78, 5) is 33.8. The number of alkyl halides is 3. The molecule has 0 bridgehead atoms. The van der Waals surface area contributed by atoms with Crippen molar-refractivity contribution in [1.82, 2.24) is 20.1 Å². The lowest BCUT2D eigenvalue weighted by molar-refractivity contribution is -0.138. The Morgan fingerprint density at radius 2 is 2.00 bits per heavy atom. The van der Waals surface area contributed by atoms with E-state index in [0.717, 1.165) is 50.7 Å². The first-order chi connectivity index (χ1) is 22.1. The zero-order valence-corrected chi connectivity index (χ0v) is 25.1. The van der Waals surface area contributed by atoms with Crippen LogP contribution in [-0.2, 0) is 23.9 Å². The Balaban J connectivity index is 0.970. The topological polar surface area (TPSA) is 107 Å². The Hall–Kier alpha value is -4.16. The zero-order chi connectivity index (χ0) is 31.8. The highest BCUT2D eigenvalue weighted by molar-refractivity contribution is 5.96. The molecule has 2 aromatic carbocycles. The second-order valence-electron chi connectivity index (χ2n) is 13.2. The molecule has 9 nitrogen and oxygen atoms in total. The van der Waals surface area contributed by atoms with Crippen LogP contribution in [0.25, 0.3) is 0 Å². The predicted octanol–water partition coefficient (Wildman–Crippen LogP) is 5.05. The highest BCUT2D eigenvalue weighted by Gasteiger charge is 2.80. The van der Waals surface area contributed by atoms with E-state index in [0.29, 0.717) is 48.2 Å². The lowest BCUT2D eigenvalue weighted by Gasteiger charge is -2.37. The number of phenolic OH excluding ortho intramolecular Hbond substituents is 1. The number of hydrogen-bond acceptors (Lipinski definition) is 7. The van der Waals surface area contributed by atoms with E-state index in [1.165, 1.54) is 18.2 Å². The summed E-state index contributed by atoms with van der Waals surface area (Å²) in [6.07, 6.45) is 0.671. The average molecular weight is 634 g/mol. The summed E-state index contributed by atoms with van der Waals surface area (Å²) in [5, 5.41) is 16.5. The Morgan fingerprint density at radius 1 is 1.13 bits per heavy atom. The van der Waals surface area contributed by atoms with Crippen LogP contribution in [0.1, 0.15) is 64.2 Å². The smallest absolute Gasteiger partial charge is 0.416 e. The molecule has 2 saturated heterocycles. The molecule has 4 atom stereocenters. The molecule has 2 amide bonds. The molecule has 0 spiro atoms. The van der Waals surface area contributed by atoms with E-state index in [9.17, 15) is 27.9 Å². The minimum atomic E-state index is -4.59. The van der Waals surface area contributed by atoms with Crippen molar-refractivity contribution in [3.8, 4) is 17.2 Å². The fraction of sp³-hybridized carbons (Fsp3) is 0.441. The van der Waals surface area contributed by atoms with Crippen LogP contribution in [0.3, 0.4) is 0 Å². The van der Waals surface area contributed by atoms with E-state index in [2.05, 4.69) is 25.4 Å². The van der Waals surface area contributed by atoms with Gasteiger partial charge in [0.25, 0.3) is 5.91 Å². The number of aromatic hydroxyl groups is 1. The van der Waals surface area contributed by atoms with Crippen molar-refractivity contribution in [2.24, 2.45) is 5.92 Å². The molecule has 3 aliphatic heterocycles. The molecular formula is C34H34F3N5O4. The Morgan fingerprint density at radius 3 is 2.83 bits per heavy atom. The van der Waals surface area contributed by atoms with Crippen molar-refractivity contribution in [3.05, 3.63) is 76.5 Å². The maximum atomic E-state index is 14.2. The molecule has 1 aromatic heterocycles. The standard InChI is InChI=1S/C34H34F3N5O4/c35-34(36,37)25-14-19(3-4-20(25)17-41-12-13-42-11-1-2-21(42)18-41)32(45)40-33-16-26(33)30(33)24-15-22(5-7-27(24)43)46-28-9-10-38-31-23(28)6-8-29(44)39-31/h3-5,7,9-10,14-15,21,26,30,43H,1-2,6,8,11-13,16-18H2,(H,40,45)(H,38,39,44)/t21-,26+,30-,33+/m1/s1. The van der Waals surface area contributed by atoms with E-state index in [4.69, 9.17) is 4.74 Å². The minimum absolute atomic E-state index is 0.0294. The number of nitrogens with one attached hydrogen (secondary N) is 2. The molecule has 0 unspecified atom stereocenters. The van der Waals surface area contributed by atoms with Crippen molar-refractivity contribution >= 4 is 17.6 Å². The van der Waals surface area contributed by atoms with E-state index in [1.807, 2.05) is 0 Å². The molecule has 46 heavy (non-hydrogen) atoms. The third kappa shape index (κ3) is 5.17. The first-order valence-electron chi connectivity index (χ1n) is 15.9. The molecule has 4 heterocycles. The SMILES string of the molecule is O=C1CCc2c(Oc3ccc(O)c([C@@H]4[C@@H]5C[C@@]45NC(=O)c4ccc(CN5CCN6CCC[C@@H]6C5)c(C(F)(F)F)c4)c3)ccnc2N1. The molecule has 3 aromatic rings. The summed E-state index contributed by atoms with van der Waals surface area (Å²) >= 11 is 0. The predicted molar refractivity (Wildman–Crippen MR) is 162 cm³/mol. The molecule has 5 aliphatic rings. The molecule has 12 heteroatoms. The van der Waals surface area contributed by atoms with Gasteiger partial charge in [0.05, 0.1) is 11.1 Å². The molecular weight excluding hydrogens is 599 g/mol. The number of benzene rings is 2. The number of halogens is 3. The van der Waals surface area contributed by atoms with Gasteiger partial charge in [-0.3, -0.25) is 19.4 Å². The van der Waals surface area contributed by atoms with Gasteiger partial charge in [-0.15, -0.1) is 0 Å². The number of ether oxygens (including phenoxy) is 1. The van der Waals surface area contributed by atoms with Crippen molar-refractivity contribution in [2.75, 3.05) is 31.5 Å². The first kappa shape index (κ1) is 29.3. The summed E-state index contributed by atoms with van der Waals surface area (Å²) < 4.78 is 48.8. The van der Waals surface area contributed by atoms with E-state index in [1.54, 1.807) is 24.4 Å². The highest BCUT2D eigenvalue weighted by Crippen LogP contribution is 2.77. The van der Waals surface area contributed by atoms with Gasteiger partial charge in [-0.2, -0.15) is 13.2 Å². The second kappa shape index (κ2) is 10.7. The maximum absolute atomic E-state index is 14.2. The summed E-state index contributed by atoms with van der Waals surface area (Å²) in [6, 6.07) is 10.9. The van der Waals surface area contributed by atoms with Gasteiger partial charge in [-0.25, -0.2) is 4.98 Å². The number of carbonyl (C=O) groups excluding carboxylic acids is 2. The van der Waals surface area contributed by atoms with Crippen LogP contribution < -0.4 is 15.4 Å². The number of anilines is 1. The van der Waals surface area contributed by atoms with Crippen molar-refractivity contribution < 1.29 is 32.6 Å². The molecule has 2 saturated carbocycles. The molecule has 3 N–H and O–H groups in total. The van der Waals surface area contributed by atoms with Crippen LogP contribution in [0.15, 0.2) is 48.7 Å². The maximum Gasteiger partial charge on any atom is 0.416 e. The van der Waals surface area contributed by atoms with Crippen molar-refractivity contribution in [2.45, 2.75) is 62.3 Å². The normalized spacial score (nSPS) is 26.8. The number of carbonyl (C=O) groups is 2. The van der Waals surface area contributed by atoms with Gasteiger partial charge >= 0.3 is 6.18 Å². The number of rotatable bonds is 7. The Labute approximate surface area is 263 Å². The van der Waals surface area contributed by atoms with Gasteiger partial charge < -0.3 is 20.5 Å². The number of piperazine rings is 1. The molecule has 2 aliphatic carbocycles. The lowest BCUT2D eigenvalue weighted by Crippen LogP contribution is -2.49. The summed E-state index contributed by atoms with van der Waals surface area (Å²) in [7, 11) is 0. The Bertz CT molecular complexity index is 1750. The van der Waals surface area contributed by atoms with Gasteiger partial charge in [-0.1, -0.05) is 6.07 Å². The number of amides is 2. The molecule has 0 radical (unpaired) electrons. The van der Waals surface area contributed by atoms with Gasteiger partial charge in [0, 0.05) is 67.4 Å². The van der Waals surface area contributed by atoms with Gasteiger partial charge in [0.1, 0.15) is 23.1 Å². The van der Waals surface area contributed by atoms with Crippen molar-refractivity contribution in [1.29, 1.82) is 0 Å². The third-order valence-electron chi connectivity index (χ3n) is 10.4. The van der Waals surface area contributed by atoms with E-state index in [-0.39, 0.29) is 41.2 Å². The van der Waals surface area contributed by atoms with Crippen LogP contribution in [0.2, 0.25) is 0 Å². The second-order valence-corrected chi connectivity index (χ2v) is 13.2. The van der Waals surface area contributed by atoms with Gasteiger partial charge in [0.2, 0.25) is 5.91 Å². The Kier molecular flexibility index (Phi) is 6.80. The largest absolute Gasteiger partial charge is 0.508 e. The van der Waals surface area contributed by atoms with Crippen LogP contribution in [-0.4, -0.2) is 69.5 Å². The fourth-order valence-corrected chi connectivity index (χ4v) is 7.79. The van der Waals surface area contributed by atoms with Crippen LogP contribution >= 0.6 is 0 Å². The quantitative estimate of drug-likeness (QED) is 0.335. The summed E-state index contributed by atoms with van der Waals surface area (Å²) in [5.41, 5.74) is 0.173.